The summed E-state index contributed by atoms with van der Waals surface area (Å²) in [7, 11) is 0. The van der Waals surface area contributed by atoms with E-state index < -0.39 is 0 Å². The summed E-state index contributed by atoms with van der Waals surface area (Å²) in [5.41, 5.74) is 2.30. The predicted octanol–water partition coefficient (Wildman–Crippen LogP) is 3.04. The highest BCUT2D eigenvalue weighted by Gasteiger charge is 2.08. The maximum atomic E-state index is 11.6. The van der Waals surface area contributed by atoms with E-state index in [2.05, 4.69) is 46.5 Å². The third kappa shape index (κ3) is 4.87. The first kappa shape index (κ1) is 16.5. The molecule has 0 radical (unpaired) electrons. The number of benzene rings is 1. The third-order valence-electron chi connectivity index (χ3n) is 3.29. The zero-order valence-electron chi connectivity index (χ0n) is 13.1. The Morgan fingerprint density at radius 1 is 1.27 bits per heavy atom. The van der Waals surface area contributed by atoms with Gasteiger partial charge in [0.15, 0.2) is 5.82 Å². The number of nitrogens with one attached hydrogen (secondary N) is 2. The first-order valence-corrected chi connectivity index (χ1v) is 8.62. The molecule has 0 fully saturated rings. The average Bonchev–Trinajstić information content (AvgIpc) is 3.02. The third-order valence-corrected chi connectivity index (χ3v) is 4.13. The normalized spacial score (nSPS) is 10.6. The lowest BCUT2D eigenvalue weighted by molar-refractivity contribution is -0.118. The van der Waals surface area contributed by atoms with E-state index in [9.17, 15) is 4.79 Å². The maximum Gasteiger partial charge on any atom is 0.230 e. The fourth-order valence-electron chi connectivity index (χ4n) is 1.92. The number of rotatable bonds is 8. The molecule has 1 heterocycles. The summed E-state index contributed by atoms with van der Waals surface area (Å²) in [4.78, 5) is 16.1. The lowest BCUT2D eigenvalue weighted by atomic mass is 10.1. The van der Waals surface area contributed by atoms with Crippen LogP contribution < -0.4 is 5.32 Å². The van der Waals surface area contributed by atoms with Crippen molar-refractivity contribution in [1.82, 2.24) is 20.5 Å². The number of carbonyl (C=O) groups excluding carboxylic acids is 1. The summed E-state index contributed by atoms with van der Waals surface area (Å²) in [6, 6.07) is 8.24. The number of unbranched alkanes of at least 4 members (excludes halogenated alkanes) is 1. The molecule has 0 aliphatic rings. The Kier molecular flexibility index (Phi) is 6.45. The summed E-state index contributed by atoms with van der Waals surface area (Å²) in [6.07, 6.45) is 3.11. The highest BCUT2D eigenvalue weighted by atomic mass is 32.2. The van der Waals surface area contributed by atoms with E-state index in [1.54, 1.807) is 0 Å². The van der Waals surface area contributed by atoms with Crippen LogP contribution in [-0.4, -0.2) is 33.4 Å². The molecule has 2 aromatic rings. The van der Waals surface area contributed by atoms with Gasteiger partial charge in [0, 0.05) is 12.1 Å². The van der Waals surface area contributed by atoms with Crippen LogP contribution in [0.25, 0.3) is 11.4 Å². The van der Waals surface area contributed by atoms with Gasteiger partial charge < -0.3 is 5.32 Å². The standard InChI is InChI=1S/C16H22N4OS/c1-3-5-10-17-14(21)11-22-16-18-15(19-20-16)13-8-6-12(4-2)7-9-13/h6-9H,3-5,10-11H2,1-2H3,(H,17,21)(H,18,19,20). The number of H-pyrrole nitrogens is 1. The van der Waals surface area contributed by atoms with Gasteiger partial charge in [0.2, 0.25) is 11.1 Å². The molecular formula is C16H22N4OS. The molecule has 2 N–H and O–H groups in total. The Morgan fingerprint density at radius 3 is 2.73 bits per heavy atom. The number of thioether (sulfide) groups is 1. The molecule has 0 saturated heterocycles. The van der Waals surface area contributed by atoms with Crippen molar-refractivity contribution in [3.63, 3.8) is 0 Å². The van der Waals surface area contributed by atoms with Crippen LogP contribution in [0.2, 0.25) is 0 Å². The average molecular weight is 318 g/mol. The number of hydrogen-bond donors (Lipinski definition) is 2. The van der Waals surface area contributed by atoms with E-state index in [-0.39, 0.29) is 5.91 Å². The number of aromatic amines is 1. The highest BCUT2D eigenvalue weighted by Crippen LogP contribution is 2.19. The van der Waals surface area contributed by atoms with Crippen molar-refractivity contribution in [2.75, 3.05) is 12.3 Å². The molecule has 0 unspecified atom stereocenters. The van der Waals surface area contributed by atoms with Crippen LogP contribution in [0, 0.1) is 0 Å². The second-order valence-electron chi connectivity index (χ2n) is 5.01. The van der Waals surface area contributed by atoms with Gasteiger partial charge in [0.1, 0.15) is 0 Å². The van der Waals surface area contributed by atoms with Gasteiger partial charge in [0.05, 0.1) is 5.75 Å². The van der Waals surface area contributed by atoms with Gasteiger partial charge in [-0.05, 0) is 18.4 Å². The number of amides is 1. The molecule has 6 heteroatoms. The summed E-state index contributed by atoms with van der Waals surface area (Å²) in [6.45, 7) is 4.96. The van der Waals surface area contributed by atoms with E-state index in [0.29, 0.717) is 10.9 Å². The van der Waals surface area contributed by atoms with Gasteiger partial charge in [0.25, 0.3) is 0 Å². The van der Waals surface area contributed by atoms with Crippen LogP contribution in [0.4, 0.5) is 0 Å². The second kappa shape index (κ2) is 8.58. The number of nitrogens with zero attached hydrogens (tertiary/aromatic N) is 2. The maximum absolute atomic E-state index is 11.6. The largest absolute Gasteiger partial charge is 0.355 e. The predicted molar refractivity (Wildman–Crippen MR) is 89.8 cm³/mol. The Balaban J connectivity index is 1.86. The van der Waals surface area contributed by atoms with Crippen molar-refractivity contribution in [1.29, 1.82) is 0 Å². The first-order chi connectivity index (χ1) is 10.7. The smallest absolute Gasteiger partial charge is 0.230 e. The minimum absolute atomic E-state index is 0.0251. The van der Waals surface area contributed by atoms with Gasteiger partial charge in [-0.15, -0.1) is 5.10 Å². The van der Waals surface area contributed by atoms with Crippen LogP contribution in [0.5, 0.6) is 0 Å². The Labute approximate surface area is 135 Å². The molecule has 0 aliphatic carbocycles. The van der Waals surface area contributed by atoms with Gasteiger partial charge in [-0.1, -0.05) is 56.3 Å². The number of aromatic nitrogens is 3. The van der Waals surface area contributed by atoms with E-state index in [0.717, 1.165) is 37.2 Å². The molecule has 0 spiro atoms. The lowest BCUT2D eigenvalue weighted by Gasteiger charge is -2.01. The van der Waals surface area contributed by atoms with Crippen molar-refractivity contribution >= 4 is 17.7 Å². The van der Waals surface area contributed by atoms with Crippen molar-refractivity contribution in [2.45, 2.75) is 38.3 Å². The molecule has 118 valence electrons. The van der Waals surface area contributed by atoms with Crippen LogP contribution in [0.1, 0.15) is 32.3 Å². The minimum atomic E-state index is 0.0251. The Hall–Kier alpha value is -1.82. The molecule has 0 saturated carbocycles. The molecule has 0 bridgehead atoms. The first-order valence-electron chi connectivity index (χ1n) is 7.64. The summed E-state index contributed by atoms with van der Waals surface area (Å²) < 4.78 is 0. The molecule has 1 amide bonds. The molecule has 0 aliphatic heterocycles. The fourth-order valence-corrected chi connectivity index (χ4v) is 2.55. The zero-order chi connectivity index (χ0) is 15.8. The van der Waals surface area contributed by atoms with Crippen LogP contribution >= 0.6 is 11.8 Å². The number of aryl methyl sites for hydroxylation is 1. The minimum Gasteiger partial charge on any atom is -0.355 e. The molecule has 0 atom stereocenters. The zero-order valence-corrected chi connectivity index (χ0v) is 13.9. The van der Waals surface area contributed by atoms with Gasteiger partial charge in [-0.25, -0.2) is 4.98 Å². The Morgan fingerprint density at radius 2 is 2.05 bits per heavy atom. The number of hydrogen-bond acceptors (Lipinski definition) is 4. The molecule has 1 aromatic carbocycles. The van der Waals surface area contributed by atoms with Gasteiger partial charge in [-0.3, -0.25) is 9.89 Å². The van der Waals surface area contributed by atoms with E-state index in [4.69, 9.17) is 0 Å². The molecule has 22 heavy (non-hydrogen) atoms. The molecular weight excluding hydrogens is 296 g/mol. The van der Waals surface area contributed by atoms with Crippen molar-refractivity contribution in [2.24, 2.45) is 0 Å². The van der Waals surface area contributed by atoms with Crippen molar-refractivity contribution in [3.05, 3.63) is 29.8 Å². The van der Waals surface area contributed by atoms with E-state index >= 15 is 0 Å². The summed E-state index contributed by atoms with van der Waals surface area (Å²) >= 11 is 1.34. The van der Waals surface area contributed by atoms with Crippen molar-refractivity contribution < 1.29 is 4.79 Å². The number of carbonyl (C=O) groups is 1. The monoisotopic (exact) mass is 318 g/mol. The quantitative estimate of drug-likeness (QED) is 0.580. The van der Waals surface area contributed by atoms with Gasteiger partial charge in [-0.2, -0.15) is 0 Å². The summed E-state index contributed by atoms with van der Waals surface area (Å²) in [5.74, 6) is 1.10. The SMILES string of the molecule is CCCCNC(=O)CSc1n[nH]c(-c2ccc(CC)cc2)n1. The van der Waals surface area contributed by atoms with Gasteiger partial charge >= 0.3 is 0 Å². The topological polar surface area (TPSA) is 70.7 Å². The van der Waals surface area contributed by atoms with E-state index in [1.165, 1.54) is 17.3 Å². The lowest BCUT2D eigenvalue weighted by Crippen LogP contribution is -2.26. The second-order valence-corrected chi connectivity index (χ2v) is 5.95. The Bertz CT molecular complexity index is 594. The highest BCUT2D eigenvalue weighted by molar-refractivity contribution is 7.99. The van der Waals surface area contributed by atoms with E-state index in [1.807, 2.05) is 12.1 Å². The van der Waals surface area contributed by atoms with Crippen LogP contribution in [0.3, 0.4) is 0 Å². The molecule has 1 aromatic heterocycles. The van der Waals surface area contributed by atoms with Crippen LogP contribution in [-0.2, 0) is 11.2 Å². The molecule has 2 rings (SSSR count). The fraction of sp³-hybridized carbons (Fsp3) is 0.438. The van der Waals surface area contributed by atoms with Crippen LogP contribution in [0.15, 0.2) is 29.4 Å². The van der Waals surface area contributed by atoms with Crippen molar-refractivity contribution in [3.8, 4) is 11.4 Å². The summed E-state index contributed by atoms with van der Waals surface area (Å²) in [5, 5.41) is 10.5. The molecule has 5 nitrogen and oxygen atoms in total.